The molecule has 3 rings (SSSR count). The molecule has 1 aromatic heterocycles. The molecule has 27 heavy (non-hydrogen) atoms. The van der Waals surface area contributed by atoms with Gasteiger partial charge in [-0.25, -0.2) is 0 Å². The van der Waals surface area contributed by atoms with E-state index in [2.05, 4.69) is 20.7 Å². The summed E-state index contributed by atoms with van der Waals surface area (Å²) in [6, 6.07) is 14.8. The molecule has 1 amide bonds. The zero-order valence-corrected chi connectivity index (χ0v) is 15.0. The van der Waals surface area contributed by atoms with Crippen LogP contribution in [0.3, 0.4) is 0 Å². The van der Waals surface area contributed by atoms with E-state index in [-0.39, 0.29) is 25.7 Å². The number of para-hydroxylation sites is 1. The van der Waals surface area contributed by atoms with Crippen LogP contribution in [0.15, 0.2) is 48.5 Å². The van der Waals surface area contributed by atoms with Gasteiger partial charge in [-0.3, -0.25) is 4.79 Å². The van der Waals surface area contributed by atoms with Crippen LogP contribution in [0.5, 0.6) is 5.75 Å². The van der Waals surface area contributed by atoms with Crippen LogP contribution in [-0.4, -0.2) is 44.4 Å². The molecule has 0 atom stereocenters. The molecule has 0 aliphatic carbocycles. The number of rotatable bonds is 8. The standard InChI is InChI=1S/C19H21N5O3/c1-2-14-5-3-4-6-17(14)20-18(26)13-24-22-19(21-23-24)15-7-9-16(10-8-15)27-12-11-25/h3-10,25H,2,11-13H2,1H3,(H,20,26). The summed E-state index contributed by atoms with van der Waals surface area (Å²) in [6.45, 7) is 2.21. The number of hydrogen-bond acceptors (Lipinski definition) is 6. The van der Waals surface area contributed by atoms with E-state index in [1.54, 1.807) is 24.3 Å². The van der Waals surface area contributed by atoms with Gasteiger partial charge in [0.2, 0.25) is 11.7 Å². The molecule has 0 aliphatic heterocycles. The fourth-order valence-corrected chi connectivity index (χ4v) is 2.56. The van der Waals surface area contributed by atoms with Crippen molar-refractivity contribution in [2.45, 2.75) is 19.9 Å². The minimum absolute atomic E-state index is 0.0251. The van der Waals surface area contributed by atoms with Crippen LogP contribution >= 0.6 is 0 Å². The lowest BCUT2D eigenvalue weighted by molar-refractivity contribution is -0.117. The molecule has 0 fully saturated rings. The van der Waals surface area contributed by atoms with Gasteiger partial charge in [0.25, 0.3) is 0 Å². The van der Waals surface area contributed by atoms with Gasteiger partial charge in [-0.2, -0.15) is 4.80 Å². The third-order valence-electron chi connectivity index (χ3n) is 3.88. The van der Waals surface area contributed by atoms with Crippen molar-refractivity contribution in [2.24, 2.45) is 0 Å². The normalized spacial score (nSPS) is 10.6. The fraction of sp³-hybridized carbons (Fsp3) is 0.263. The molecule has 0 aliphatic rings. The maximum Gasteiger partial charge on any atom is 0.248 e. The van der Waals surface area contributed by atoms with Crippen molar-refractivity contribution in [1.82, 2.24) is 20.2 Å². The predicted molar refractivity (Wildman–Crippen MR) is 100 cm³/mol. The molecular weight excluding hydrogens is 346 g/mol. The Morgan fingerprint density at radius 3 is 2.70 bits per heavy atom. The van der Waals surface area contributed by atoms with Gasteiger partial charge >= 0.3 is 0 Å². The Hall–Kier alpha value is -3.26. The van der Waals surface area contributed by atoms with Crippen molar-refractivity contribution in [1.29, 1.82) is 0 Å². The van der Waals surface area contributed by atoms with Crippen LogP contribution < -0.4 is 10.1 Å². The third kappa shape index (κ3) is 4.89. The number of nitrogens with one attached hydrogen (secondary N) is 1. The van der Waals surface area contributed by atoms with Crippen molar-refractivity contribution in [2.75, 3.05) is 18.5 Å². The van der Waals surface area contributed by atoms with Gasteiger partial charge in [0.1, 0.15) is 18.9 Å². The van der Waals surface area contributed by atoms with Gasteiger partial charge in [0, 0.05) is 11.3 Å². The molecule has 0 saturated carbocycles. The molecule has 8 nitrogen and oxygen atoms in total. The van der Waals surface area contributed by atoms with E-state index < -0.39 is 0 Å². The number of amides is 1. The van der Waals surface area contributed by atoms with Crippen molar-refractivity contribution in [3.63, 3.8) is 0 Å². The number of benzene rings is 2. The highest BCUT2D eigenvalue weighted by Gasteiger charge is 2.11. The predicted octanol–water partition coefficient (Wildman–Crippen LogP) is 1.91. The number of nitrogens with zero attached hydrogens (tertiary/aromatic N) is 4. The lowest BCUT2D eigenvalue weighted by atomic mass is 10.1. The lowest BCUT2D eigenvalue weighted by Crippen LogP contribution is -2.21. The summed E-state index contributed by atoms with van der Waals surface area (Å²) in [5.74, 6) is 0.854. The second kappa shape index (κ2) is 8.91. The van der Waals surface area contributed by atoms with Crippen molar-refractivity contribution in [3.05, 3.63) is 54.1 Å². The number of carbonyl (C=O) groups excluding carboxylic acids is 1. The van der Waals surface area contributed by atoms with Gasteiger partial charge in [0.15, 0.2) is 0 Å². The largest absolute Gasteiger partial charge is 0.491 e. The average molecular weight is 367 g/mol. The Morgan fingerprint density at radius 1 is 1.19 bits per heavy atom. The highest BCUT2D eigenvalue weighted by Crippen LogP contribution is 2.19. The molecule has 8 heteroatoms. The number of aromatic nitrogens is 4. The number of aryl methyl sites for hydroxylation is 1. The first kappa shape index (κ1) is 18.5. The number of carbonyl (C=O) groups is 1. The van der Waals surface area contributed by atoms with Gasteiger partial charge in [-0.05, 0) is 47.5 Å². The first-order chi connectivity index (χ1) is 13.2. The highest BCUT2D eigenvalue weighted by atomic mass is 16.5. The number of tetrazole rings is 1. The van der Waals surface area contributed by atoms with Crippen molar-refractivity contribution in [3.8, 4) is 17.1 Å². The second-order valence-corrected chi connectivity index (χ2v) is 5.80. The fourth-order valence-electron chi connectivity index (χ4n) is 2.56. The van der Waals surface area contributed by atoms with Crippen molar-refractivity contribution < 1.29 is 14.6 Å². The zero-order valence-electron chi connectivity index (χ0n) is 15.0. The molecule has 0 saturated heterocycles. The van der Waals surface area contributed by atoms with Gasteiger partial charge in [-0.15, -0.1) is 10.2 Å². The SMILES string of the molecule is CCc1ccccc1NC(=O)Cn1nnc(-c2ccc(OCCO)cc2)n1. The van der Waals surface area contributed by atoms with E-state index in [0.29, 0.717) is 11.6 Å². The Morgan fingerprint density at radius 2 is 1.96 bits per heavy atom. The summed E-state index contributed by atoms with van der Waals surface area (Å²) >= 11 is 0. The van der Waals surface area contributed by atoms with Crippen LogP contribution in [0, 0.1) is 0 Å². The molecule has 140 valence electrons. The zero-order chi connectivity index (χ0) is 19.1. The molecule has 1 heterocycles. The number of hydrogen-bond donors (Lipinski definition) is 2. The molecule has 0 radical (unpaired) electrons. The molecule has 0 spiro atoms. The van der Waals surface area contributed by atoms with Crippen LogP contribution in [0.2, 0.25) is 0 Å². The number of ether oxygens (including phenoxy) is 1. The number of anilines is 1. The molecule has 0 bridgehead atoms. The highest BCUT2D eigenvalue weighted by molar-refractivity contribution is 5.91. The lowest BCUT2D eigenvalue weighted by Gasteiger charge is -2.08. The second-order valence-electron chi connectivity index (χ2n) is 5.80. The van der Waals surface area contributed by atoms with Crippen LogP contribution in [-0.2, 0) is 17.8 Å². The van der Waals surface area contributed by atoms with Crippen molar-refractivity contribution >= 4 is 11.6 Å². The summed E-state index contributed by atoms with van der Waals surface area (Å²) < 4.78 is 5.31. The maximum absolute atomic E-state index is 12.3. The first-order valence-corrected chi connectivity index (χ1v) is 8.69. The topological polar surface area (TPSA) is 102 Å². The van der Waals surface area contributed by atoms with Gasteiger partial charge in [-0.1, -0.05) is 25.1 Å². The van der Waals surface area contributed by atoms with Gasteiger partial charge < -0.3 is 15.2 Å². The first-order valence-electron chi connectivity index (χ1n) is 8.69. The quantitative estimate of drug-likeness (QED) is 0.631. The summed E-state index contributed by atoms with van der Waals surface area (Å²) in [4.78, 5) is 13.5. The van der Waals surface area contributed by atoms with E-state index in [1.165, 1.54) is 4.80 Å². The van der Waals surface area contributed by atoms with Gasteiger partial charge in [0.05, 0.1) is 6.61 Å². The Balaban J connectivity index is 1.62. The average Bonchev–Trinajstić information content (AvgIpc) is 3.15. The van der Waals surface area contributed by atoms with Crippen LogP contribution in [0.1, 0.15) is 12.5 Å². The summed E-state index contributed by atoms with van der Waals surface area (Å²) in [7, 11) is 0. The molecule has 0 unspecified atom stereocenters. The summed E-state index contributed by atoms with van der Waals surface area (Å²) in [5, 5.41) is 23.8. The number of aliphatic hydroxyl groups excluding tert-OH is 1. The Labute approximate surface area is 156 Å². The molecule has 3 aromatic rings. The van der Waals surface area contributed by atoms with Crippen LogP contribution in [0.25, 0.3) is 11.4 Å². The third-order valence-corrected chi connectivity index (χ3v) is 3.88. The molecule has 2 aromatic carbocycles. The van der Waals surface area contributed by atoms with Crippen LogP contribution in [0.4, 0.5) is 5.69 Å². The van der Waals surface area contributed by atoms with E-state index in [1.807, 2.05) is 31.2 Å². The number of aliphatic hydroxyl groups is 1. The van der Waals surface area contributed by atoms with E-state index in [4.69, 9.17) is 9.84 Å². The smallest absolute Gasteiger partial charge is 0.248 e. The van der Waals surface area contributed by atoms with E-state index in [0.717, 1.165) is 23.2 Å². The summed E-state index contributed by atoms with van der Waals surface area (Å²) in [5.41, 5.74) is 2.62. The van der Waals surface area contributed by atoms with E-state index in [9.17, 15) is 4.79 Å². The monoisotopic (exact) mass is 367 g/mol. The molecule has 2 N–H and O–H groups in total. The molecular formula is C19H21N5O3. The Bertz CT molecular complexity index is 892. The van der Waals surface area contributed by atoms with E-state index >= 15 is 0 Å². The Kier molecular flexibility index (Phi) is 6.11. The maximum atomic E-state index is 12.3. The summed E-state index contributed by atoms with van der Waals surface area (Å²) in [6.07, 6.45) is 0.834. The minimum atomic E-state index is -0.215. The minimum Gasteiger partial charge on any atom is -0.491 e.